The fraction of sp³-hybridized carbons (Fsp3) is 0.625. The molecule has 20 heavy (non-hydrogen) atoms. The van der Waals surface area contributed by atoms with Crippen LogP contribution in [-0.4, -0.2) is 46.0 Å². The number of ether oxygens (including phenoxy) is 2. The van der Waals surface area contributed by atoms with Crippen LogP contribution in [0.1, 0.15) is 18.1 Å². The molecule has 2 aliphatic heterocycles. The van der Waals surface area contributed by atoms with E-state index in [2.05, 4.69) is 29.3 Å². The van der Waals surface area contributed by atoms with Gasteiger partial charge in [0.2, 0.25) is 0 Å². The molecule has 1 atom stereocenters. The fourth-order valence-electron chi connectivity index (χ4n) is 3.19. The summed E-state index contributed by atoms with van der Waals surface area (Å²) < 4.78 is 11.2. The lowest BCUT2D eigenvalue weighted by molar-refractivity contribution is 0.176. The summed E-state index contributed by atoms with van der Waals surface area (Å²) in [4.78, 5) is 2.42. The van der Waals surface area contributed by atoms with Crippen molar-refractivity contribution in [1.29, 1.82) is 0 Å². The minimum Gasteiger partial charge on any atom is -0.490 e. The van der Waals surface area contributed by atoms with Crippen LogP contribution in [0, 0.1) is 0 Å². The van der Waals surface area contributed by atoms with Crippen LogP contribution in [0.15, 0.2) is 12.1 Å². The highest BCUT2D eigenvalue weighted by molar-refractivity contribution is 5.64. The van der Waals surface area contributed by atoms with E-state index in [1.165, 1.54) is 16.8 Å². The zero-order valence-electron chi connectivity index (χ0n) is 12.4. The van der Waals surface area contributed by atoms with Crippen molar-refractivity contribution >= 4 is 5.69 Å². The standard InChI is InChI=1S/C16H24N2O2/c1-12(11-19-2)18-7-8-20-16-10-14-4-6-17-5-3-13(14)9-15(16)18/h9-10,12,17H,3-8,11H2,1-2H3. The van der Waals surface area contributed by atoms with E-state index in [9.17, 15) is 0 Å². The summed E-state index contributed by atoms with van der Waals surface area (Å²) in [6.45, 7) is 6.80. The molecule has 1 aromatic rings. The SMILES string of the molecule is COCC(C)N1CCOc2cc3c(cc21)CCNCC3. The Balaban J connectivity index is 1.94. The third-order valence-corrected chi connectivity index (χ3v) is 4.26. The Morgan fingerprint density at radius 3 is 2.80 bits per heavy atom. The molecule has 0 radical (unpaired) electrons. The van der Waals surface area contributed by atoms with Gasteiger partial charge in [-0.25, -0.2) is 0 Å². The van der Waals surface area contributed by atoms with E-state index in [1.807, 2.05) is 0 Å². The smallest absolute Gasteiger partial charge is 0.142 e. The van der Waals surface area contributed by atoms with Crippen molar-refractivity contribution in [2.45, 2.75) is 25.8 Å². The molecular formula is C16H24N2O2. The van der Waals surface area contributed by atoms with Crippen LogP contribution in [0.25, 0.3) is 0 Å². The Hall–Kier alpha value is -1.26. The lowest BCUT2D eigenvalue weighted by Gasteiger charge is -2.36. The van der Waals surface area contributed by atoms with Crippen molar-refractivity contribution in [3.05, 3.63) is 23.3 Å². The van der Waals surface area contributed by atoms with E-state index in [0.717, 1.165) is 51.4 Å². The van der Waals surface area contributed by atoms with Gasteiger partial charge in [0.1, 0.15) is 12.4 Å². The Morgan fingerprint density at radius 2 is 2.05 bits per heavy atom. The van der Waals surface area contributed by atoms with Gasteiger partial charge >= 0.3 is 0 Å². The molecule has 0 saturated carbocycles. The summed E-state index contributed by atoms with van der Waals surface area (Å²) in [5.74, 6) is 1.04. The molecule has 2 aliphatic rings. The van der Waals surface area contributed by atoms with Crippen LogP contribution in [0.2, 0.25) is 0 Å². The quantitative estimate of drug-likeness (QED) is 0.909. The summed E-state index contributed by atoms with van der Waals surface area (Å²) in [6, 6.07) is 4.97. The first-order valence-corrected chi connectivity index (χ1v) is 7.54. The van der Waals surface area contributed by atoms with Crippen LogP contribution in [0.4, 0.5) is 5.69 Å². The number of fused-ring (bicyclic) bond motifs is 2. The third kappa shape index (κ3) is 2.63. The molecule has 1 unspecified atom stereocenters. The van der Waals surface area contributed by atoms with Gasteiger partial charge in [-0.3, -0.25) is 0 Å². The van der Waals surface area contributed by atoms with Gasteiger partial charge in [0.05, 0.1) is 18.8 Å². The van der Waals surface area contributed by atoms with Crippen LogP contribution in [0.5, 0.6) is 5.75 Å². The van der Waals surface area contributed by atoms with E-state index in [0.29, 0.717) is 6.04 Å². The van der Waals surface area contributed by atoms with E-state index in [1.54, 1.807) is 7.11 Å². The predicted molar refractivity (Wildman–Crippen MR) is 80.9 cm³/mol. The summed E-state index contributed by atoms with van der Waals surface area (Å²) >= 11 is 0. The van der Waals surface area contributed by atoms with Crippen LogP contribution in [0.3, 0.4) is 0 Å². The lowest BCUT2D eigenvalue weighted by Crippen LogP contribution is -2.41. The highest BCUT2D eigenvalue weighted by atomic mass is 16.5. The molecule has 0 aromatic heterocycles. The summed E-state index contributed by atoms with van der Waals surface area (Å²) in [7, 11) is 1.76. The molecule has 1 N–H and O–H groups in total. The molecule has 0 fully saturated rings. The van der Waals surface area contributed by atoms with Gasteiger partial charge in [0.15, 0.2) is 0 Å². The normalized spacial score (nSPS) is 19.6. The van der Waals surface area contributed by atoms with Gasteiger partial charge in [0, 0.05) is 13.2 Å². The number of methoxy groups -OCH3 is 1. The Bertz CT molecular complexity index is 476. The summed E-state index contributed by atoms with van der Waals surface area (Å²) in [5.41, 5.74) is 4.14. The number of anilines is 1. The van der Waals surface area contributed by atoms with E-state index in [4.69, 9.17) is 9.47 Å². The zero-order valence-corrected chi connectivity index (χ0v) is 12.4. The van der Waals surface area contributed by atoms with Gasteiger partial charge in [-0.05, 0) is 56.1 Å². The van der Waals surface area contributed by atoms with Gasteiger partial charge in [-0.1, -0.05) is 0 Å². The van der Waals surface area contributed by atoms with Gasteiger partial charge in [-0.2, -0.15) is 0 Å². The number of rotatable bonds is 3. The molecule has 0 bridgehead atoms. The zero-order chi connectivity index (χ0) is 13.9. The second-order valence-electron chi connectivity index (χ2n) is 5.68. The second-order valence-corrected chi connectivity index (χ2v) is 5.68. The maximum absolute atomic E-state index is 5.89. The molecule has 3 rings (SSSR count). The fourth-order valence-corrected chi connectivity index (χ4v) is 3.19. The molecule has 4 nitrogen and oxygen atoms in total. The first-order chi connectivity index (χ1) is 9.79. The maximum atomic E-state index is 5.89. The molecule has 0 amide bonds. The van der Waals surface area contributed by atoms with Crippen molar-refractivity contribution in [2.24, 2.45) is 0 Å². The first kappa shape index (κ1) is 13.7. The Morgan fingerprint density at radius 1 is 1.30 bits per heavy atom. The topological polar surface area (TPSA) is 33.7 Å². The second kappa shape index (κ2) is 6.02. The van der Waals surface area contributed by atoms with Crippen molar-refractivity contribution < 1.29 is 9.47 Å². The number of hydrogen-bond donors (Lipinski definition) is 1. The van der Waals surface area contributed by atoms with Gasteiger partial charge < -0.3 is 19.7 Å². The average molecular weight is 276 g/mol. The highest BCUT2D eigenvalue weighted by Gasteiger charge is 2.24. The predicted octanol–water partition coefficient (Wildman–Crippen LogP) is 1.61. The molecule has 2 heterocycles. The lowest BCUT2D eigenvalue weighted by atomic mass is 10.00. The molecule has 0 spiro atoms. The van der Waals surface area contributed by atoms with Crippen LogP contribution >= 0.6 is 0 Å². The third-order valence-electron chi connectivity index (χ3n) is 4.26. The van der Waals surface area contributed by atoms with Crippen molar-refractivity contribution in [3.63, 3.8) is 0 Å². The molecule has 0 saturated heterocycles. The highest BCUT2D eigenvalue weighted by Crippen LogP contribution is 2.36. The maximum Gasteiger partial charge on any atom is 0.142 e. The Kier molecular flexibility index (Phi) is 4.13. The molecule has 0 aliphatic carbocycles. The van der Waals surface area contributed by atoms with Crippen LogP contribution < -0.4 is 15.0 Å². The number of nitrogens with one attached hydrogen (secondary N) is 1. The average Bonchev–Trinajstić information content (AvgIpc) is 2.69. The van der Waals surface area contributed by atoms with E-state index in [-0.39, 0.29) is 0 Å². The number of benzene rings is 1. The van der Waals surface area contributed by atoms with Gasteiger partial charge in [0.25, 0.3) is 0 Å². The van der Waals surface area contributed by atoms with Crippen molar-refractivity contribution in [3.8, 4) is 5.75 Å². The summed E-state index contributed by atoms with van der Waals surface area (Å²) in [6.07, 6.45) is 2.20. The van der Waals surface area contributed by atoms with Crippen LogP contribution in [-0.2, 0) is 17.6 Å². The van der Waals surface area contributed by atoms with Crippen molar-refractivity contribution in [2.75, 3.05) is 44.9 Å². The molecule has 4 heteroatoms. The first-order valence-electron chi connectivity index (χ1n) is 7.54. The summed E-state index contributed by atoms with van der Waals surface area (Å²) in [5, 5.41) is 3.46. The minimum atomic E-state index is 0.379. The number of nitrogens with zero attached hydrogens (tertiary/aromatic N) is 1. The van der Waals surface area contributed by atoms with Crippen molar-refractivity contribution in [1.82, 2.24) is 5.32 Å². The van der Waals surface area contributed by atoms with Gasteiger partial charge in [-0.15, -0.1) is 0 Å². The molecular weight excluding hydrogens is 252 g/mol. The Labute approximate surface area is 121 Å². The molecule has 1 aromatic carbocycles. The minimum absolute atomic E-state index is 0.379. The van der Waals surface area contributed by atoms with E-state index < -0.39 is 0 Å². The largest absolute Gasteiger partial charge is 0.490 e. The monoisotopic (exact) mass is 276 g/mol. The molecule has 110 valence electrons. The number of hydrogen-bond acceptors (Lipinski definition) is 4. The van der Waals surface area contributed by atoms with E-state index >= 15 is 0 Å².